The molecule has 0 saturated carbocycles. The van der Waals surface area contributed by atoms with E-state index in [0.29, 0.717) is 43.4 Å². The first-order valence-corrected chi connectivity index (χ1v) is 10.3. The van der Waals surface area contributed by atoms with Gasteiger partial charge in [-0.15, -0.1) is 0 Å². The highest BCUT2D eigenvalue weighted by molar-refractivity contribution is 5.81. The number of benzene rings is 1. The smallest absolute Gasteiger partial charge is 0.348 e. The summed E-state index contributed by atoms with van der Waals surface area (Å²) in [6.07, 6.45) is 2.62. The molecule has 1 aliphatic rings. The lowest BCUT2D eigenvalue weighted by molar-refractivity contribution is -0.146. The van der Waals surface area contributed by atoms with Crippen molar-refractivity contribution in [2.24, 2.45) is 5.92 Å². The number of aromatic nitrogens is 3. The molecule has 1 aromatic heterocycles. The summed E-state index contributed by atoms with van der Waals surface area (Å²) >= 11 is 0. The minimum atomic E-state index is -0.350. The molecule has 1 atom stereocenters. The molecule has 0 radical (unpaired) electrons. The lowest BCUT2D eigenvalue weighted by Gasteiger charge is -2.32. The van der Waals surface area contributed by atoms with Gasteiger partial charge in [0.25, 0.3) is 0 Å². The molecule has 162 valence electrons. The van der Waals surface area contributed by atoms with Crippen LogP contribution < -0.4 is 10.4 Å². The molecular formula is C21H28N4O5. The molecule has 2 heterocycles. The third-order valence-electron chi connectivity index (χ3n) is 5.26. The Morgan fingerprint density at radius 2 is 2.07 bits per heavy atom. The second kappa shape index (κ2) is 10.1. The number of nitrogens with zero attached hydrogens (tertiary/aromatic N) is 3. The fraction of sp³-hybridized carbons (Fsp3) is 0.524. The van der Waals surface area contributed by atoms with E-state index in [4.69, 9.17) is 9.47 Å². The first-order chi connectivity index (χ1) is 14.5. The van der Waals surface area contributed by atoms with Gasteiger partial charge in [-0.05, 0) is 37.8 Å². The molecule has 9 heteroatoms. The fourth-order valence-electron chi connectivity index (χ4n) is 3.85. The van der Waals surface area contributed by atoms with Crippen molar-refractivity contribution in [3.05, 3.63) is 40.6 Å². The van der Waals surface area contributed by atoms with Crippen molar-refractivity contribution in [1.82, 2.24) is 19.7 Å². The molecule has 2 aromatic rings. The Kier molecular flexibility index (Phi) is 7.26. The van der Waals surface area contributed by atoms with Gasteiger partial charge in [0.1, 0.15) is 11.6 Å². The first-order valence-electron chi connectivity index (χ1n) is 10.3. The number of carbonyl (C=O) groups excluding carboxylic acids is 2. The molecule has 0 bridgehead atoms. The van der Waals surface area contributed by atoms with E-state index in [-0.39, 0.29) is 36.3 Å². The predicted octanol–water partition coefficient (Wildman–Crippen LogP) is 1.69. The van der Waals surface area contributed by atoms with Crippen LogP contribution in [0.5, 0.6) is 5.75 Å². The molecule has 0 unspecified atom stereocenters. The molecule has 1 saturated heterocycles. The molecule has 1 amide bonds. The number of likely N-dealkylation sites (tertiary alicyclic amines) is 1. The number of ether oxygens (including phenoxy) is 2. The van der Waals surface area contributed by atoms with Crippen molar-refractivity contribution in [2.75, 3.05) is 26.8 Å². The van der Waals surface area contributed by atoms with E-state index >= 15 is 0 Å². The molecular weight excluding hydrogens is 388 g/mol. The summed E-state index contributed by atoms with van der Waals surface area (Å²) in [6, 6.07) is 7.29. The maximum absolute atomic E-state index is 12.5. The predicted molar refractivity (Wildman–Crippen MR) is 110 cm³/mol. The maximum Gasteiger partial charge on any atom is 0.348 e. The van der Waals surface area contributed by atoms with Crippen LogP contribution in [0.4, 0.5) is 0 Å². The van der Waals surface area contributed by atoms with Crippen molar-refractivity contribution in [2.45, 2.75) is 39.0 Å². The number of amides is 1. The zero-order valence-electron chi connectivity index (χ0n) is 17.4. The molecule has 1 N–H and O–H groups in total. The Hall–Kier alpha value is -3.10. The minimum Gasteiger partial charge on any atom is -0.495 e. The number of carbonyl (C=O) groups is 2. The topological polar surface area (TPSA) is 107 Å². The number of piperidine rings is 1. The van der Waals surface area contributed by atoms with Crippen LogP contribution in [-0.2, 0) is 20.7 Å². The summed E-state index contributed by atoms with van der Waals surface area (Å²) in [6.45, 7) is 3.32. The second-order valence-electron chi connectivity index (χ2n) is 7.31. The number of hydrogen-bond acceptors (Lipinski definition) is 6. The molecule has 0 aliphatic carbocycles. The number of hydrogen-bond donors (Lipinski definition) is 1. The third-order valence-corrected chi connectivity index (χ3v) is 5.26. The highest BCUT2D eigenvalue weighted by Gasteiger charge is 2.26. The van der Waals surface area contributed by atoms with Gasteiger partial charge in [0.2, 0.25) is 5.91 Å². The molecule has 1 aromatic carbocycles. The number of rotatable bonds is 8. The number of methoxy groups -OCH3 is 1. The van der Waals surface area contributed by atoms with E-state index in [1.54, 1.807) is 25.0 Å². The van der Waals surface area contributed by atoms with E-state index in [1.165, 1.54) is 4.57 Å². The standard InChI is InChI=1S/C21H28N4O5/c1-3-30-20(27)11-10-19(26)24-12-6-7-15(14-24)13-18-22-23-21(28)25(18)16-8-4-5-9-17(16)29-2/h4-5,8-9,15H,3,6-7,10-14H2,1-2H3,(H,23,28)/t15-/m1/s1. The highest BCUT2D eigenvalue weighted by atomic mass is 16.5. The van der Waals surface area contributed by atoms with E-state index in [0.717, 1.165) is 12.8 Å². The van der Waals surface area contributed by atoms with Gasteiger partial charge in [0.05, 0.1) is 25.8 Å². The number of para-hydroxylation sites is 2. The Bertz CT molecular complexity index is 935. The Balaban J connectivity index is 1.68. The summed E-state index contributed by atoms with van der Waals surface area (Å²) in [5, 5.41) is 6.74. The maximum atomic E-state index is 12.5. The molecule has 3 rings (SSSR count). The summed E-state index contributed by atoms with van der Waals surface area (Å²) in [7, 11) is 1.56. The van der Waals surface area contributed by atoms with Crippen LogP contribution in [-0.4, -0.2) is 58.3 Å². The zero-order valence-corrected chi connectivity index (χ0v) is 17.4. The van der Waals surface area contributed by atoms with Gasteiger partial charge in [-0.2, -0.15) is 5.10 Å². The Morgan fingerprint density at radius 3 is 2.83 bits per heavy atom. The molecule has 9 nitrogen and oxygen atoms in total. The monoisotopic (exact) mass is 416 g/mol. The normalized spacial score (nSPS) is 16.3. The van der Waals surface area contributed by atoms with Crippen LogP contribution in [0.3, 0.4) is 0 Å². The third kappa shape index (κ3) is 5.08. The second-order valence-corrected chi connectivity index (χ2v) is 7.31. The Morgan fingerprint density at radius 1 is 1.27 bits per heavy atom. The highest BCUT2D eigenvalue weighted by Crippen LogP contribution is 2.25. The number of nitrogens with one attached hydrogen (secondary N) is 1. The van der Waals surface area contributed by atoms with Gasteiger partial charge in [0, 0.05) is 25.9 Å². The molecule has 0 spiro atoms. The zero-order chi connectivity index (χ0) is 21.5. The van der Waals surface area contributed by atoms with Crippen molar-refractivity contribution < 1.29 is 19.1 Å². The van der Waals surface area contributed by atoms with E-state index in [1.807, 2.05) is 18.2 Å². The van der Waals surface area contributed by atoms with Crippen molar-refractivity contribution in [3.8, 4) is 11.4 Å². The molecule has 1 aliphatic heterocycles. The van der Waals surface area contributed by atoms with Crippen LogP contribution in [0.15, 0.2) is 29.1 Å². The van der Waals surface area contributed by atoms with E-state index in [2.05, 4.69) is 10.2 Å². The van der Waals surface area contributed by atoms with Crippen molar-refractivity contribution in [1.29, 1.82) is 0 Å². The number of esters is 1. The summed E-state index contributed by atoms with van der Waals surface area (Å²) in [5.74, 6) is 0.972. The van der Waals surface area contributed by atoms with Gasteiger partial charge in [-0.25, -0.2) is 14.5 Å². The SMILES string of the molecule is CCOC(=O)CCC(=O)N1CCC[C@H](Cc2n[nH]c(=O)n2-c2ccccc2OC)C1. The van der Waals surface area contributed by atoms with Crippen LogP contribution in [0.2, 0.25) is 0 Å². The van der Waals surface area contributed by atoms with Gasteiger partial charge in [-0.3, -0.25) is 9.59 Å². The van der Waals surface area contributed by atoms with Crippen molar-refractivity contribution in [3.63, 3.8) is 0 Å². The minimum absolute atomic E-state index is 0.0445. The lowest BCUT2D eigenvalue weighted by Crippen LogP contribution is -2.41. The largest absolute Gasteiger partial charge is 0.495 e. The molecule has 1 fully saturated rings. The Labute approximate surface area is 175 Å². The summed E-state index contributed by atoms with van der Waals surface area (Å²) in [5.41, 5.74) is 0.305. The summed E-state index contributed by atoms with van der Waals surface area (Å²) in [4.78, 5) is 38.2. The lowest BCUT2D eigenvalue weighted by atomic mass is 9.94. The van der Waals surface area contributed by atoms with E-state index < -0.39 is 0 Å². The first kappa shape index (κ1) is 21.6. The average Bonchev–Trinajstić information content (AvgIpc) is 3.12. The van der Waals surface area contributed by atoms with Crippen LogP contribution >= 0.6 is 0 Å². The van der Waals surface area contributed by atoms with Gasteiger partial charge >= 0.3 is 11.7 Å². The number of aromatic amines is 1. The number of H-pyrrole nitrogens is 1. The van der Waals surface area contributed by atoms with Crippen LogP contribution in [0.1, 0.15) is 38.4 Å². The summed E-state index contributed by atoms with van der Waals surface area (Å²) < 4.78 is 11.8. The fourth-order valence-corrected chi connectivity index (χ4v) is 3.85. The van der Waals surface area contributed by atoms with Crippen LogP contribution in [0.25, 0.3) is 5.69 Å². The average molecular weight is 416 g/mol. The van der Waals surface area contributed by atoms with Gasteiger partial charge < -0.3 is 14.4 Å². The molecule has 30 heavy (non-hydrogen) atoms. The van der Waals surface area contributed by atoms with Crippen LogP contribution in [0, 0.1) is 5.92 Å². The van der Waals surface area contributed by atoms with Gasteiger partial charge in [0.15, 0.2) is 0 Å². The van der Waals surface area contributed by atoms with Crippen molar-refractivity contribution >= 4 is 11.9 Å². The van der Waals surface area contributed by atoms with E-state index in [9.17, 15) is 14.4 Å². The quantitative estimate of drug-likeness (QED) is 0.657. The van der Waals surface area contributed by atoms with Gasteiger partial charge in [-0.1, -0.05) is 12.1 Å².